The number of carbonyl (C=O) groups excluding carboxylic acids is 1. The average molecular weight is 316 g/mol. The molecular formula is C17H20N2O4. The third kappa shape index (κ3) is 3.70. The van der Waals surface area contributed by atoms with E-state index in [1.54, 1.807) is 12.1 Å². The lowest BCUT2D eigenvalue weighted by molar-refractivity contribution is -0.385. The molecule has 0 bridgehead atoms. The van der Waals surface area contributed by atoms with Gasteiger partial charge in [-0.15, -0.1) is 0 Å². The second kappa shape index (κ2) is 6.81. The fraction of sp³-hybridized carbons (Fsp3) is 0.471. The van der Waals surface area contributed by atoms with Crippen LogP contribution in [-0.2, 0) is 4.79 Å². The summed E-state index contributed by atoms with van der Waals surface area (Å²) >= 11 is 0. The number of allylic oxidation sites excluding steroid dienone is 2. The van der Waals surface area contributed by atoms with Crippen molar-refractivity contribution < 1.29 is 14.5 Å². The van der Waals surface area contributed by atoms with Crippen molar-refractivity contribution in [2.45, 2.75) is 44.6 Å². The molecule has 0 aromatic heterocycles. The minimum absolute atomic E-state index is 0.112. The van der Waals surface area contributed by atoms with Gasteiger partial charge in [0.15, 0.2) is 12.4 Å². The normalized spacial score (nSPS) is 17.3. The summed E-state index contributed by atoms with van der Waals surface area (Å²) in [7, 11) is 0. The number of rotatable bonds is 6. The molecular weight excluding hydrogens is 296 g/mol. The van der Waals surface area contributed by atoms with Crippen molar-refractivity contribution in [1.82, 2.24) is 4.90 Å². The van der Waals surface area contributed by atoms with Gasteiger partial charge in [0.1, 0.15) is 0 Å². The fourth-order valence-corrected chi connectivity index (χ4v) is 2.91. The van der Waals surface area contributed by atoms with Gasteiger partial charge in [0.2, 0.25) is 0 Å². The summed E-state index contributed by atoms with van der Waals surface area (Å²) in [5, 5.41) is 11.0. The van der Waals surface area contributed by atoms with E-state index >= 15 is 0 Å². The van der Waals surface area contributed by atoms with Gasteiger partial charge in [-0.05, 0) is 44.6 Å². The van der Waals surface area contributed by atoms with Crippen LogP contribution < -0.4 is 4.74 Å². The molecule has 23 heavy (non-hydrogen) atoms. The molecule has 0 atom stereocenters. The molecule has 0 saturated heterocycles. The van der Waals surface area contributed by atoms with Crippen LogP contribution in [0.4, 0.5) is 5.69 Å². The topological polar surface area (TPSA) is 72.7 Å². The Bertz CT molecular complexity index is 637. The first-order valence-electron chi connectivity index (χ1n) is 8.04. The molecule has 3 rings (SSSR count). The van der Waals surface area contributed by atoms with Crippen molar-refractivity contribution in [2.75, 3.05) is 6.61 Å². The Hall–Kier alpha value is -2.37. The van der Waals surface area contributed by atoms with Gasteiger partial charge < -0.3 is 9.64 Å². The molecule has 0 aliphatic heterocycles. The highest BCUT2D eigenvalue weighted by Gasteiger charge is 2.35. The van der Waals surface area contributed by atoms with Crippen LogP contribution in [0.25, 0.3) is 0 Å². The zero-order valence-electron chi connectivity index (χ0n) is 12.9. The van der Waals surface area contributed by atoms with E-state index in [4.69, 9.17) is 4.74 Å². The van der Waals surface area contributed by atoms with Crippen molar-refractivity contribution >= 4 is 11.6 Å². The van der Waals surface area contributed by atoms with Gasteiger partial charge in [0.25, 0.3) is 5.91 Å². The molecule has 0 spiro atoms. The van der Waals surface area contributed by atoms with Crippen LogP contribution >= 0.6 is 0 Å². The molecule has 0 unspecified atom stereocenters. The van der Waals surface area contributed by atoms with E-state index in [1.165, 1.54) is 18.6 Å². The van der Waals surface area contributed by atoms with Gasteiger partial charge in [0.05, 0.1) is 4.92 Å². The van der Waals surface area contributed by atoms with Gasteiger partial charge >= 0.3 is 5.69 Å². The largest absolute Gasteiger partial charge is 0.477 e. The smallest absolute Gasteiger partial charge is 0.310 e. The van der Waals surface area contributed by atoms with E-state index in [-0.39, 0.29) is 30.0 Å². The summed E-state index contributed by atoms with van der Waals surface area (Å²) in [5.41, 5.74) is 0.977. The van der Waals surface area contributed by atoms with Crippen molar-refractivity contribution in [3.8, 4) is 5.75 Å². The van der Waals surface area contributed by atoms with Crippen molar-refractivity contribution in [2.24, 2.45) is 0 Å². The predicted molar refractivity (Wildman–Crippen MR) is 85.0 cm³/mol. The van der Waals surface area contributed by atoms with Gasteiger partial charge in [0, 0.05) is 17.8 Å². The van der Waals surface area contributed by atoms with Crippen LogP contribution in [0.3, 0.4) is 0 Å². The Morgan fingerprint density at radius 2 is 2.09 bits per heavy atom. The Balaban J connectivity index is 1.68. The van der Waals surface area contributed by atoms with Gasteiger partial charge in [-0.3, -0.25) is 14.9 Å². The molecule has 122 valence electrons. The maximum absolute atomic E-state index is 12.6. The lowest BCUT2D eigenvalue weighted by Gasteiger charge is -2.27. The molecule has 2 aliphatic carbocycles. The molecule has 0 N–H and O–H groups in total. The third-order valence-electron chi connectivity index (χ3n) is 4.17. The summed E-state index contributed by atoms with van der Waals surface area (Å²) < 4.78 is 5.45. The third-order valence-corrected chi connectivity index (χ3v) is 4.17. The van der Waals surface area contributed by atoms with Crippen LogP contribution in [0.1, 0.15) is 38.5 Å². The minimum Gasteiger partial charge on any atom is -0.477 e. The molecule has 2 aliphatic rings. The van der Waals surface area contributed by atoms with Gasteiger partial charge in [-0.2, -0.15) is 0 Å². The van der Waals surface area contributed by atoms with Crippen LogP contribution in [0.15, 0.2) is 36.0 Å². The first kappa shape index (κ1) is 15.5. The van der Waals surface area contributed by atoms with E-state index in [0.717, 1.165) is 37.8 Å². The van der Waals surface area contributed by atoms with Crippen LogP contribution in [0.2, 0.25) is 0 Å². The lowest BCUT2D eigenvalue weighted by Crippen LogP contribution is -2.36. The number of ether oxygens (including phenoxy) is 1. The Morgan fingerprint density at radius 1 is 1.30 bits per heavy atom. The average Bonchev–Trinajstić information content (AvgIpc) is 3.39. The summed E-state index contributed by atoms with van der Waals surface area (Å²) in [6, 6.07) is 6.42. The molecule has 0 radical (unpaired) electrons. The number of hydrogen-bond donors (Lipinski definition) is 0. The number of benzene rings is 1. The lowest BCUT2D eigenvalue weighted by atomic mass is 10.0. The summed E-state index contributed by atoms with van der Waals surface area (Å²) in [6.45, 7) is -0.168. The number of hydrogen-bond acceptors (Lipinski definition) is 4. The highest BCUT2D eigenvalue weighted by atomic mass is 16.6. The monoisotopic (exact) mass is 316 g/mol. The SMILES string of the molecule is O=C(COc1ccccc1[N+](=O)[O-])N(C1=CCCCC1)C1CC1. The maximum Gasteiger partial charge on any atom is 0.310 e. The zero-order chi connectivity index (χ0) is 16.2. The number of amides is 1. The van der Waals surface area contributed by atoms with E-state index in [2.05, 4.69) is 6.08 Å². The highest BCUT2D eigenvalue weighted by Crippen LogP contribution is 2.34. The number of nitrogens with zero attached hydrogens (tertiary/aromatic N) is 2. The number of carbonyl (C=O) groups is 1. The molecule has 1 aromatic rings. The Morgan fingerprint density at radius 3 is 2.74 bits per heavy atom. The van der Waals surface area contributed by atoms with Crippen molar-refractivity contribution in [3.63, 3.8) is 0 Å². The molecule has 1 saturated carbocycles. The zero-order valence-corrected chi connectivity index (χ0v) is 12.9. The summed E-state index contributed by atoms with van der Waals surface area (Å²) in [4.78, 5) is 24.9. The first-order chi connectivity index (χ1) is 11.2. The van der Waals surface area contributed by atoms with Gasteiger partial charge in [-0.25, -0.2) is 0 Å². The number of nitro groups is 1. The van der Waals surface area contributed by atoms with Crippen LogP contribution in [-0.4, -0.2) is 28.4 Å². The van der Waals surface area contributed by atoms with Crippen LogP contribution in [0, 0.1) is 10.1 Å². The quantitative estimate of drug-likeness (QED) is 0.595. The van der Waals surface area contributed by atoms with Crippen molar-refractivity contribution in [1.29, 1.82) is 0 Å². The Labute approximate surface area is 134 Å². The molecule has 1 fully saturated rings. The standard InChI is InChI=1S/C17H20N2O4/c20-17(12-23-16-9-5-4-8-15(16)19(21)22)18(14-10-11-14)13-6-2-1-3-7-13/h4-6,8-9,14H,1-3,7,10-12H2. The number of nitro benzene ring substituents is 1. The van der Waals surface area contributed by atoms with Crippen LogP contribution in [0.5, 0.6) is 5.75 Å². The van der Waals surface area contributed by atoms with E-state index in [9.17, 15) is 14.9 Å². The Kier molecular flexibility index (Phi) is 4.60. The predicted octanol–water partition coefficient (Wildman–Crippen LogP) is 3.42. The van der Waals surface area contributed by atoms with E-state index in [0.29, 0.717) is 0 Å². The van der Waals surface area contributed by atoms with Gasteiger partial charge in [-0.1, -0.05) is 18.2 Å². The number of para-hydroxylation sites is 2. The summed E-state index contributed by atoms with van der Waals surface area (Å²) in [5.74, 6) is 0.0259. The fourth-order valence-electron chi connectivity index (χ4n) is 2.91. The van der Waals surface area contributed by atoms with E-state index < -0.39 is 4.92 Å². The summed E-state index contributed by atoms with van der Waals surface area (Å²) in [6.07, 6.45) is 8.40. The minimum atomic E-state index is -0.498. The maximum atomic E-state index is 12.6. The molecule has 0 heterocycles. The highest BCUT2D eigenvalue weighted by molar-refractivity contribution is 5.80. The van der Waals surface area contributed by atoms with Crippen molar-refractivity contribution in [3.05, 3.63) is 46.2 Å². The molecule has 1 amide bonds. The molecule has 6 heteroatoms. The first-order valence-corrected chi connectivity index (χ1v) is 8.04. The second-order valence-electron chi connectivity index (χ2n) is 5.95. The molecule has 1 aromatic carbocycles. The second-order valence-corrected chi connectivity index (χ2v) is 5.95. The van der Waals surface area contributed by atoms with E-state index in [1.807, 2.05) is 4.90 Å². The molecule has 6 nitrogen and oxygen atoms in total.